The number of hydrogen-bond acceptors (Lipinski definition) is 7. The molecule has 0 spiro atoms. The van der Waals surface area contributed by atoms with Crippen molar-refractivity contribution < 1.29 is 29.4 Å². The van der Waals surface area contributed by atoms with E-state index >= 15 is 0 Å². The predicted molar refractivity (Wildman–Crippen MR) is 52.7 cm³/mol. The summed E-state index contributed by atoms with van der Waals surface area (Å²) in [5, 5.41) is 0. The molecular weight excluding hydrogens is 260 g/mol. The zero-order valence-corrected chi connectivity index (χ0v) is 9.95. The summed E-state index contributed by atoms with van der Waals surface area (Å²) in [5.41, 5.74) is 0. The van der Waals surface area contributed by atoms with E-state index in [1.165, 1.54) is 6.92 Å². The van der Waals surface area contributed by atoms with Crippen LogP contribution in [0.1, 0.15) is 13.3 Å². The normalized spacial score (nSPS) is 26.1. The van der Waals surface area contributed by atoms with Crippen molar-refractivity contribution in [1.82, 2.24) is 0 Å². The van der Waals surface area contributed by atoms with Crippen LogP contribution >= 0.6 is 0 Å². The van der Waals surface area contributed by atoms with Crippen molar-refractivity contribution in [1.29, 1.82) is 0 Å². The number of hydrogen-bond donors (Lipinski definition) is 0. The Morgan fingerprint density at radius 3 is 2.62 bits per heavy atom. The van der Waals surface area contributed by atoms with Gasteiger partial charge in [0, 0.05) is 6.42 Å². The van der Waals surface area contributed by atoms with Gasteiger partial charge in [0.15, 0.2) is 6.29 Å². The molecule has 0 N–H and O–H groups in total. The summed E-state index contributed by atoms with van der Waals surface area (Å²) in [6.45, 7) is 1.33. The monoisotopic (exact) mass is 270 g/mol. The second-order valence-electron chi connectivity index (χ2n) is 2.99. The lowest BCUT2D eigenvalue weighted by Gasteiger charge is -2.10. The van der Waals surface area contributed by atoms with Crippen molar-refractivity contribution in [2.75, 3.05) is 5.75 Å². The zero-order valence-electron chi connectivity index (χ0n) is 8.32. The summed E-state index contributed by atoms with van der Waals surface area (Å²) >= 11 is 0. The third-order valence-electron chi connectivity index (χ3n) is 1.58. The van der Waals surface area contributed by atoms with Crippen LogP contribution in [0.4, 0.5) is 0 Å². The van der Waals surface area contributed by atoms with E-state index in [4.69, 9.17) is 6.42 Å². The lowest BCUT2D eigenvalue weighted by atomic mass is 10.4. The van der Waals surface area contributed by atoms with Crippen LogP contribution in [-0.4, -0.2) is 35.0 Å². The highest BCUT2D eigenvalue weighted by molar-refractivity contribution is 7.87. The molecule has 9 heteroatoms. The molecule has 92 valence electrons. The lowest BCUT2D eigenvalue weighted by molar-refractivity contribution is 0.0155. The fourth-order valence-electron chi connectivity index (χ4n) is 0.923. The Morgan fingerprint density at radius 1 is 1.56 bits per heavy atom. The van der Waals surface area contributed by atoms with Crippen LogP contribution in [0.2, 0.25) is 0 Å². The third-order valence-corrected chi connectivity index (χ3v) is 3.80. The molecule has 0 aliphatic carbocycles. The fraction of sp³-hybridized carbons (Fsp3) is 0.714. The average molecular weight is 270 g/mol. The van der Waals surface area contributed by atoms with Crippen molar-refractivity contribution in [2.24, 2.45) is 0 Å². The van der Waals surface area contributed by atoms with E-state index in [0.717, 1.165) is 0 Å². The molecule has 1 aliphatic heterocycles. The molecule has 0 aromatic carbocycles. The van der Waals surface area contributed by atoms with E-state index < -0.39 is 32.9 Å². The van der Waals surface area contributed by atoms with Gasteiger partial charge in [0.25, 0.3) is 10.1 Å². The highest BCUT2D eigenvalue weighted by Crippen LogP contribution is 2.19. The largest absolute Gasteiger partial charge is 0.403 e. The molecule has 0 amide bonds. The first-order chi connectivity index (χ1) is 7.24. The Hall–Kier alpha value is -0.660. The summed E-state index contributed by atoms with van der Waals surface area (Å²) in [4.78, 5) is 0. The van der Waals surface area contributed by atoms with Crippen LogP contribution < -0.4 is 0 Å². The van der Waals surface area contributed by atoms with Gasteiger partial charge >= 0.3 is 10.4 Å². The van der Waals surface area contributed by atoms with Gasteiger partial charge in [0.1, 0.15) is 6.10 Å². The minimum Gasteiger partial charge on any atom is -0.237 e. The minimum atomic E-state index is -4.36. The zero-order chi connectivity index (χ0) is 12.4. The van der Waals surface area contributed by atoms with Crippen LogP contribution in [0.15, 0.2) is 0 Å². The predicted octanol–water partition coefficient (Wildman–Crippen LogP) is -0.638. The van der Waals surface area contributed by atoms with Crippen LogP contribution in [0, 0.1) is 12.3 Å². The van der Waals surface area contributed by atoms with Crippen molar-refractivity contribution in [3.05, 3.63) is 0 Å². The molecule has 1 rings (SSSR count). The lowest BCUT2D eigenvalue weighted by Crippen LogP contribution is -2.22. The Labute approximate surface area is 94.1 Å². The molecule has 0 saturated carbocycles. The SMILES string of the molecule is C#CC(C)OS(=O)(=O)OC1CCS(=O)(=O)O1. The quantitative estimate of drug-likeness (QED) is 0.495. The molecule has 1 fully saturated rings. The molecule has 0 aromatic heterocycles. The maximum absolute atomic E-state index is 11.2. The summed E-state index contributed by atoms with van der Waals surface area (Å²) in [6, 6.07) is 0. The number of terminal acetylenes is 1. The van der Waals surface area contributed by atoms with E-state index in [-0.39, 0.29) is 12.2 Å². The van der Waals surface area contributed by atoms with Crippen molar-refractivity contribution >= 4 is 20.5 Å². The van der Waals surface area contributed by atoms with Crippen molar-refractivity contribution in [2.45, 2.75) is 25.7 Å². The summed E-state index contributed by atoms with van der Waals surface area (Å²) in [6.07, 6.45) is 2.46. The average Bonchev–Trinajstić information content (AvgIpc) is 2.43. The highest BCUT2D eigenvalue weighted by atomic mass is 32.3. The van der Waals surface area contributed by atoms with Crippen molar-refractivity contribution in [3.8, 4) is 12.3 Å². The summed E-state index contributed by atoms with van der Waals surface area (Å²) in [7, 11) is -8.05. The second kappa shape index (κ2) is 4.68. The smallest absolute Gasteiger partial charge is 0.237 e. The first-order valence-corrected chi connectivity index (χ1v) is 7.14. The second-order valence-corrected chi connectivity index (χ2v) is 5.90. The van der Waals surface area contributed by atoms with Gasteiger partial charge in [-0.05, 0) is 6.92 Å². The summed E-state index contributed by atoms with van der Waals surface area (Å²) in [5.74, 6) is 1.73. The summed E-state index contributed by atoms with van der Waals surface area (Å²) < 4.78 is 57.0. The van der Waals surface area contributed by atoms with Gasteiger partial charge in [-0.15, -0.1) is 6.42 Å². The molecule has 1 saturated heterocycles. The highest BCUT2D eigenvalue weighted by Gasteiger charge is 2.34. The van der Waals surface area contributed by atoms with Crippen LogP contribution in [0.3, 0.4) is 0 Å². The molecule has 1 heterocycles. The van der Waals surface area contributed by atoms with E-state index in [2.05, 4.69) is 12.5 Å². The van der Waals surface area contributed by atoms with Gasteiger partial charge < -0.3 is 0 Å². The first kappa shape index (κ1) is 13.4. The molecule has 0 bridgehead atoms. The van der Waals surface area contributed by atoms with Crippen LogP contribution in [-0.2, 0) is 33.1 Å². The van der Waals surface area contributed by atoms with E-state index in [9.17, 15) is 16.8 Å². The Kier molecular flexibility index (Phi) is 3.92. The minimum absolute atomic E-state index is 0.0740. The fourth-order valence-corrected chi connectivity index (χ4v) is 2.87. The molecule has 7 nitrogen and oxygen atoms in total. The maximum atomic E-state index is 11.2. The van der Waals surface area contributed by atoms with Crippen LogP contribution in [0.25, 0.3) is 0 Å². The third kappa shape index (κ3) is 4.07. The Balaban J connectivity index is 2.59. The van der Waals surface area contributed by atoms with Gasteiger partial charge in [-0.25, -0.2) is 12.5 Å². The van der Waals surface area contributed by atoms with E-state index in [0.29, 0.717) is 0 Å². The molecule has 16 heavy (non-hydrogen) atoms. The number of rotatable bonds is 4. The van der Waals surface area contributed by atoms with Gasteiger partial charge in [0.05, 0.1) is 5.75 Å². The molecule has 1 aliphatic rings. The van der Waals surface area contributed by atoms with Gasteiger partial charge in [-0.3, -0.25) is 0 Å². The van der Waals surface area contributed by atoms with Gasteiger partial charge in [0.2, 0.25) is 0 Å². The molecular formula is C7H10O7S2. The topological polar surface area (TPSA) is 96.0 Å². The van der Waals surface area contributed by atoms with E-state index in [1.807, 2.05) is 5.92 Å². The maximum Gasteiger partial charge on any atom is 0.403 e. The van der Waals surface area contributed by atoms with Crippen LogP contribution in [0.5, 0.6) is 0 Å². The molecule has 2 atom stereocenters. The van der Waals surface area contributed by atoms with Gasteiger partial charge in [-0.1, -0.05) is 5.92 Å². The molecule has 0 aromatic rings. The molecule has 2 unspecified atom stereocenters. The molecule has 0 radical (unpaired) electrons. The van der Waals surface area contributed by atoms with Gasteiger partial charge in [-0.2, -0.15) is 16.8 Å². The first-order valence-electron chi connectivity index (χ1n) is 4.23. The van der Waals surface area contributed by atoms with Crippen molar-refractivity contribution in [3.63, 3.8) is 0 Å². The Morgan fingerprint density at radius 2 is 2.19 bits per heavy atom. The Bertz CT molecular complexity index is 483. The standard InChI is InChI=1S/C7H10O7S2/c1-3-6(2)12-16(10,11)14-7-4-5-15(8,9)13-7/h1,6-7H,4-5H2,2H3. The van der Waals surface area contributed by atoms with E-state index in [1.54, 1.807) is 0 Å².